The van der Waals surface area contributed by atoms with Gasteiger partial charge >= 0.3 is 0 Å². The van der Waals surface area contributed by atoms with Gasteiger partial charge in [-0.15, -0.1) is 0 Å². The number of hydrogen-bond donors (Lipinski definition) is 1. The molecule has 0 aliphatic carbocycles. The summed E-state index contributed by atoms with van der Waals surface area (Å²) in [6.45, 7) is 0. The molecule has 0 radical (unpaired) electrons. The van der Waals surface area contributed by atoms with Crippen LogP contribution < -0.4 is 10.6 Å². The largest absolute Gasteiger partial charge is 0.368 e. The number of rotatable bonds is 3. The second-order valence-electron chi connectivity index (χ2n) is 4.52. The number of anilines is 2. The number of allylic oxidation sites excluding steroid dienone is 1. The highest BCUT2D eigenvalue weighted by Crippen LogP contribution is 2.28. The number of benzene rings is 1. The van der Waals surface area contributed by atoms with Crippen molar-refractivity contribution in [3.05, 3.63) is 39.6 Å². The van der Waals surface area contributed by atoms with E-state index in [1.54, 1.807) is 37.2 Å². The fourth-order valence-corrected chi connectivity index (χ4v) is 2.15. The second-order valence-corrected chi connectivity index (χ2v) is 5.33. The minimum atomic E-state index is 0.0279. The van der Waals surface area contributed by atoms with E-state index < -0.39 is 0 Å². The van der Waals surface area contributed by atoms with E-state index in [0.717, 1.165) is 0 Å². The molecule has 0 saturated carbocycles. The van der Waals surface area contributed by atoms with Crippen molar-refractivity contribution in [3.63, 3.8) is 0 Å². The van der Waals surface area contributed by atoms with Gasteiger partial charge < -0.3 is 10.6 Å². The van der Waals surface area contributed by atoms with E-state index in [1.165, 1.54) is 6.08 Å². The summed E-state index contributed by atoms with van der Waals surface area (Å²) in [6, 6.07) is 7.12. The maximum absolute atomic E-state index is 9.38. The molecule has 0 fully saturated rings. The minimum absolute atomic E-state index is 0.0279. The molecule has 22 heavy (non-hydrogen) atoms. The monoisotopic (exact) mass is 334 g/mol. The van der Waals surface area contributed by atoms with E-state index in [9.17, 15) is 5.26 Å². The highest BCUT2D eigenvalue weighted by Gasteiger charge is 2.12. The second kappa shape index (κ2) is 6.60. The van der Waals surface area contributed by atoms with Gasteiger partial charge in [0.25, 0.3) is 0 Å². The van der Waals surface area contributed by atoms with E-state index in [1.807, 2.05) is 6.07 Å². The SMILES string of the molecule is CN(C)c1nc(N)nc(C(C#N)=Cc2c(Cl)cccc2Cl)n1. The topological polar surface area (TPSA) is 91.7 Å². The van der Waals surface area contributed by atoms with Crippen LogP contribution in [0.25, 0.3) is 11.6 Å². The molecule has 2 rings (SSSR count). The van der Waals surface area contributed by atoms with Crippen LogP contribution in [0.1, 0.15) is 11.4 Å². The number of nitrogen functional groups attached to an aromatic ring is 1. The number of nitrogens with zero attached hydrogens (tertiary/aromatic N) is 5. The molecule has 1 heterocycles. The van der Waals surface area contributed by atoms with E-state index in [0.29, 0.717) is 21.6 Å². The predicted octanol–water partition coefficient (Wildman–Crippen LogP) is 2.89. The molecule has 8 heteroatoms. The van der Waals surface area contributed by atoms with Crippen LogP contribution in [0.4, 0.5) is 11.9 Å². The molecule has 0 bridgehead atoms. The normalized spacial score (nSPS) is 11.1. The molecule has 0 aliphatic heterocycles. The summed E-state index contributed by atoms with van der Waals surface area (Å²) in [5.41, 5.74) is 6.37. The molecule has 112 valence electrons. The van der Waals surface area contributed by atoms with Gasteiger partial charge in [0.2, 0.25) is 11.9 Å². The molecule has 0 amide bonds. The standard InChI is InChI=1S/C14H12Cl2N6/c1-22(2)14-20-12(19-13(18)21-14)8(7-17)6-9-10(15)4-3-5-11(9)16/h3-6H,1-2H3,(H2,18,19,20,21). The predicted molar refractivity (Wildman–Crippen MR) is 88.5 cm³/mol. The smallest absolute Gasteiger partial charge is 0.230 e. The number of nitrogens with two attached hydrogens (primary N) is 1. The van der Waals surface area contributed by atoms with Crippen molar-refractivity contribution in [1.29, 1.82) is 5.26 Å². The lowest BCUT2D eigenvalue weighted by molar-refractivity contribution is 0.952. The average molecular weight is 335 g/mol. The molecule has 0 spiro atoms. The maximum atomic E-state index is 9.38. The summed E-state index contributed by atoms with van der Waals surface area (Å²) >= 11 is 12.2. The lowest BCUT2D eigenvalue weighted by Gasteiger charge is -2.11. The third-order valence-electron chi connectivity index (χ3n) is 2.69. The first-order valence-electron chi connectivity index (χ1n) is 6.17. The van der Waals surface area contributed by atoms with Crippen LogP contribution in [-0.4, -0.2) is 29.0 Å². The fourth-order valence-electron chi connectivity index (χ4n) is 1.64. The summed E-state index contributed by atoms with van der Waals surface area (Å²) in [6.07, 6.45) is 1.53. The zero-order valence-electron chi connectivity index (χ0n) is 11.9. The number of aromatic nitrogens is 3. The van der Waals surface area contributed by atoms with Gasteiger partial charge in [0.1, 0.15) is 6.07 Å². The molecule has 0 unspecified atom stereocenters. The van der Waals surface area contributed by atoms with E-state index in [-0.39, 0.29) is 17.3 Å². The van der Waals surface area contributed by atoms with Gasteiger partial charge in [0.05, 0.1) is 5.57 Å². The quantitative estimate of drug-likeness (QED) is 0.867. The van der Waals surface area contributed by atoms with Crippen LogP contribution in [0.15, 0.2) is 18.2 Å². The summed E-state index contributed by atoms with van der Waals surface area (Å²) in [4.78, 5) is 13.9. The van der Waals surface area contributed by atoms with Crippen molar-refractivity contribution in [1.82, 2.24) is 15.0 Å². The Morgan fingerprint density at radius 3 is 2.41 bits per heavy atom. The molecule has 0 atom stereocenters. The van der Waals surface area contributed by atoms with Gasteiger partial charge in [-0.05, 0) is 18.2 Å². The highest BCUT2D eigenvalue weighted by atomic mass is 35.5. The number of nitriles is 1. The van der Waals surface area contributed by atoms with Crippen LogP contribution in [0.5, 0.6) is 0 Å². The molecule has 0 aliphatic rings. The van der Waals surface area contributed by atoms with Gasteiger partial charge in [-0.25, -0.2) is 0 Å². The Bertz CT molecular complexity index is 759. The van der Waals surface area contributed by atoms with Gasteiger partial charge in [-0.1, -0.05) is 29.3 Å². The van der Waals surface area contributed by atoms with E-state index in [2.05, 4.69) is 15.0 Å². The van der Waals surface area contributed by atoms with E-state index >= 15 is 0 Å². The molecule has 2 N–H and O–H groups in total. The number of halogens is 2. The summed E-state index contributed by atoms with van der Waals surface area (Å²) in [5.74, 6) is 0.545. The number of hydrogen-bond acceptors (Lipinski definition) is 6. The van der Waals surface area contributed by atoms with Gasteiger partial charge in [0.15, 0.2) is 5.82 Å². The third kappa shape index (κ3) is 3.45. The Morgan fingerprint density at radius 1 is 1.23 bits per heavy atom. The van der Waals surface area contributed by atoms with Crippen molar-refractivity contribution < 1.29 is 0 Å². The van der Waals surface area contributed by atoms with Crippen LogP contribution in [0.2, 0.25) is 10.0 Å². The van der Waals surface area contributed by atoms with Crippen LogP contribution in [-0.2, 0) is 0 Å². The third-order valence-corrected chi connectivity index (χ3v) is 3.35. The summed E-state index contributed by atoms with van der Waals surface area (Å²) < 4.78 is 0. The Kier molecular flexibility index (Phi) is 4.81. The molecule has 6 nitrogen and oxygen atoms in total. The zero-order valence-corrected chi connectivity index (χ0v) is 13.4. The lowest BCUT2D eigenvalue weighted by Crippen LogP contribution is -2.15. The molecule has 1 aromatic carbocycles. The van der Waals surface area contributed by atoms with E-state index in [4.69, 9.17) is 28.9 Å². The van der Waals surface area contributed by atoms with Gasteiger partial charge in [0, 0.05) is 29.7 Å². The summed E-state index contributed by atoms with van der Waals surface area (Å²) in [5, 5.41) is 10.2. The van der Waals surface area contributed by atoms with Gasteiger partial charge in [-0.3, -0.25) is 0 Å². The maximum Gasteiger partial charge on any atom is 0.230 e. The van der Waals surface area contributed by atoms with Crippen LogP contribution >= 0.6 is 23.2 Å². The fraction of sp³-hybridized carbons (Fsp3) is 0.143. The van der Waals surface area contributed by atoms with Crippen molar-refractivity contribution >= 4 is 46.7 Å². The van der Waals surface area contributed by atoms with Crippen LogP contribution in [0, 0.1) is 11.3 Å². The summed E-state index contributed by atoms with van der Waals surface area (Å²) in [7, 11) is 3.53. The Balaban J connectivity index is 2.58. The van der Waals surface area contributed by atoms with Crippen LogP contribution in [0.3, 0.4) is 0 Å². The first-order chi connectivity index (χ1) is 10.4. The first-order valence-corrected chi connectivity index (χ1v) is 6.93. The Labute approximate surface area is 137 Å². The zero-order chi connectivity index (χ0) is 16.3. The first kappa shape index (κ1) is 16.0. The lowest BCUT2D eigenvalue weighted by atomic mass is 10.1. The Morgan fingerprint density at radius 2 is 1.86 bits per heavy atom. The van der Waals surface area contributed by atoms with Crippen molar-refractivity contribution in [2.45, 2.75) is 0 Å². The van der Waals surface area contributed by atoms with Crippen molar-refractivity contribution in [3.8, 4) is 6.07 Å². The highest BCUT2D eigenvalue weighted by molar-refractivity contribution is 6.37. The minimum Gasteiger partial charge on any atom is -0.368 e. The average Bonchev–Trinajstić information content (AvgIpc) is 2.46. The van der Waals surface area contributed by atoms with Crippen molar-refractivity contribution in [2.75, 3.05) is 24.7 Å². The van der Waals surface area contributed by atoms with Gasteiger partial charge in [-0.2, -0.15) is 20.2 Å². The molecular formula is C14H12Cl2N6. The molecule has 2 aromatic rings. The molecule has 0 saturated heterocycles. The Hall–Kier alpha value is -2.36. The van der Waals surface area contributed by atoms with Crippen molar-refractivity contribution in [2.24, 2.45) is 0 Å². The molecule has 1 aromatic heterocycles. The molecular weight excluding hydrogens is 323 g/mol.